The molecule has 3 aromatic rings. The van der Waals surface area contributed by atoms with Crippen molar-refractivity contribution in [3.63, 3.8) is 0 Å². The van der Waals surface area contributed by atoms with Crippen LogP contribution in [0.25, 0.3) is 24.3 Å². The highest BCUT2D eigenvalue weighted by molar-refractivity contribution is 6.05. The summed E-state index contributed by atoms with van der Waals surface area (Å²) in [6.45, 7) is 0. The maximum Gasteiger partial charge on any atom is 0.178 e. The Labute approximate surface area is 223 Å². The molecule has 198 valence electrons. The molecule has 0 spiro atoms. The van der Waals surface area contributed by atoms with Crippen LogP contribution in [0, 0.1) is 0 Å². The minimum absolute atomic E-state index is 0.229. The van der Waals surface area contributed by atoms with Crippen LogP contribution < -0.4 is 28.4 Å². The largest absolute Gasteiger partial charge is 0.497 e. The van der Waals surface area contributed by atoms with Gasteiger partial charge in [-0.05, 0) is 53.6 Å². The van der Waals surface area contributed by atoms with Crippen molar-refractivity contribution in [2.45, 2.75) is 0 Å². The number of benzene rings is 3. The van der Waals surface area contributed by atoms with E-state index in [1.54, 1.807) is 73.0 Å². The third-order valence-corrected chi connectivity index (χ3v) is 5.76. The fourth-order valence-electron chi connectivity index (χ4n) is 3.71. The summed E-state index contributed by atoms with van der Waals surface area (Å²) in [4.78, 5) is 12.8. The predicted molar refractivity (Wildman–Crippen MR) is 151 cm³/mol. The van der Waals surface area contributed by atoms with Crippen LogP contribution >= 0.6 is 0 Å². The van der Waals surface area contributed by atoms with E-state index in [1.165, 1.54) is 12.2 Å². The minimum Gasteiger partial charge on any atom is -0.497 e. The number of rotatable bonds is 12. The fourth-order valence-corrected chi connectivity index (χ4v) is 3.71. The number of hydrogen-bond acceptors (Lipinski definition) is 7. The zero-order valence-corrected chi connectivity index (χ0v) is 22.4. The lowest BCUT2D eigenvalue weighted by atomic mass is 10.0. The summed E-state index contributed by atoms with van der Waals surface area (Å²) in [5.74, 6) is 3.40. The fraction of sp³-hybridized carbons (Fsp3) is 0.194. The zero-order valence-electron chi connectivity index (χ0n) is 22.4. The molecular formula is C31H32O7. The average molecular weight is 517 g/mol. The lowest BCUT2D eigenvalue weighted by Crippen LogP contribution is -1.96. The van der Waals surface area contributed by atoms with Crippen molar-refractivity contribution in [1.82, 2.24) is 0 Å². The molecule has 0 aromatic heterocycles. The average Bonchev–Trinajstić information content (AvgIpc) is 2.97. The van der Waals surface area contributed by atoms with E-state index in [1.807, 2.05) is 42.5 Å². The molecular weight excluding hydrogens is 484 g/mol. The number of allylic oxidation sites excluding steroid dienone is 2. The molecule has 38 heavy (non-hydrogen) atoms. The van der Waals surface area contributed by atoms with E-state index < -0.39 is 0 Å². The van der Waals surface area contributed by atoms with Crippen LogP contribution in [0.3, 0.4) is 0 Å². The molecule has 0 saturated carbocycles. The van der Waals surface area contributed by atoms with Crippen molar-refractivity contribution in [2.24, 2.45) is 0 Å². The Hall–Kier alpha value is -4.65. The summed E-state index contributed by atoms with van der Waals surface area (Å²) in [5.41, 5.74) is 3.18. The Morgan fingerprint density at radius 3 is 1.50 bits per heavy atom. The molecule has 7 heteroatoms. The maximum absolute atomic E-state index is 12.8. The molecule has 0 fully saturated rings. The highest BCUT2D eigenvalue weighted by Crippen LogP contribution is 2.35. The second-order valence-electron chi connectivity index (χ2n) is 7.95. The highest BCUT2D eigenvalue weighted by Gasteiger charge is 2.12. The first-order valence-corrected chi connectivity index (χ1v) is 11.7. The first-order valence-electron chi connectivity index (χ1n) is 11.7. The standard InChI is InChI=1S/C31H32O7/c1-33-24-13-8-21(9-14-24)7-10-22-17-25(34-2)18-29(36-4)27(22)15-11-23(32)12-16-28-30(37-5)19-26(35-3)20-31(28)38-6/h7-20H,1-6H3/b10-7+,15-11+,16-12+. The van der Waals surface area contributed by atoms with Gasteiger partial charge in [-0.25, -0.2) is 0 Å². The second kappa shape index (κ2) is 13.6. The first kappa shape index (κ1) is 27.9. The van der Waals surface area contributed by atoms with Crippen molar-refractivity contribution in [3.05, 3.63) is 82.9 Å². The van der Waals surface area contributed by atoms with Gasteiger partial charge in [-0.15, -0.1) is 0 Å². The van der Waals surface area contributed by atoms with Crippen LogP contribution in [0.2, 0.25) is 0 Å². The Balaban J connectivity index is 1.92. The topological polar surface area (TPSA) is 72.5 Å². The van der Waals surface area contributed by atoms with Crippen LogP contribution in [-0.4, -0.2) is 48.4 Å². The molecule has 0 aliphatic carbocycles. The van der Waals surface area contributed by atoms with Gasteiger partial charge in [0.15, 0.2) is 5.78 Å². The summed E-state index contributed by atoms with van der Waals surface area (Å²) >= 11 is 0. The predicted octanol–water partition coefficient (Wildman–Crippen LogP) is 6.20. The van der Waals surface area contributed by atoms with Crippen LogP contribution in [0.4, 0.5) is 0 Å². The van der Waals surface area contributed by atoms with Crippen LogP contribution in [0.1, 0.15) is 22.3 Å². The van der Waals surface area contributed by atoms with Crippen LogP contribution in [0.15, 0.2) is 60.7 Å². The quantitative estimate of drug-likeness (QED) is 0.209. The van der Waals surface area contributed by atoms with Crippen LogP contribution in [-0.2, 0) is 4.79 Å². The lowest BCUT2D eigenvalue weighted by Gasteiger charge is -2.12. The van der Waals surface area contributed by atoms with E-state index in [9.17, 15) is 4.79 Å². The SMILES string of the molecule is COc1ccc(/C=C/c2cc(OC)cc(OC)c2/C=C/C(=O)/C=C/c2c(OC)cc(OC)cc2OC)cc1. The molecule has 3 rings (SSSR count). The highest BCUT2D eigenvalue weighted by atomic mass is 16.5. The van der Waals surface area contributed by atoms with E-state index >= 15 is 0 Å². The van der Waals surface area contributed by atoms with Crippen molar-refractivity contribution in [2.75, 3.05) is 42.7 Å². The zero-order chi connectivity index (χ0) is 27.5. The van der Waals surface area contributed by atoms with E-state index in [-0.39, 0.29) is 5.78 Å². The molecule has 0 N–H and O–H groups in total. The Bertz CT molecular complexity index is 1310. The van der Waals surface area contributed by atoms with E-state index in [0.717, 1.165) is 22.4 Å². The van der Waals surface area contributed by atoms with Gasteiger partial charge < -0.3 is 28.4 Å². The van der Waals surface area contributed by atoms with Gasteiger partial charge in [0.05, 0.1) is 48.2 Å². The summed E-state index contributed by atoms with van der Waals surface area (Å²) in [6.07, 6.45) is 10.2. The smallest absolute Gasteiger partial charge is 0.178 e. The summed E-state index contributed by atoms with van der Waals surface area (Å²) < 4.78 is 32.5. The maximum atomic E-state index is 12.8. The first-order chi connectivity index (χ1) is 18.5. The Kier molecular flexibility index (Phi) is 10.00. The third-order valence-electron chi connectivity index (χ3n) is 5.76. The Morgan fingerprint density at radius 2 is 1.00 bits per heavy atom. The number of carbonyl (C=O) groups is 1. The van der Waals surface area contributed by atoms with Gasteiger partial charge in [-0.3, -0.25) is 4.79 Å². The lowest BCUT2D eigenvalue weighted by molar-refractivity contribution is -0.110. The minimum atomic E-state index is -0.229. The summed E-state index contributed by atoms with van der Waals surface area (Å²) in [6, 6.07) is 14.8. The number of hydrogen-bond donors (Lipinski definition) is 0. The van der Waals surface area contributed by atoms with Crippen molar-refractivity contribution < 1.29 is 33.2 Å². The summed E-state index contributed by atoms with van der Waals surface area (Å²) in [7, 11) is 9.46. The monoisotopic (exact) mass is 516 g/mol. The van der Waals surface area contributed by atoms with Gasteiger partial charge >= 0.3 is 0 Å². The third kappa shape index (κ3) is 6.97. The molecule has 7 nitrogen and oxygen atoms in total. The van der Waals surface area contributed by atoms with Gasteiger partial charge in [0.1, 0.15) is 34.5 Å². The van der Waals surface area contributed by atoms with Gasteiger partial charge in [-0.1, -0.05) is 24.3 Å². The molecule has 0 bridgehead atoms. The van der Waals surface area contributed by atoms with Crippen molar-refractivity contribution in [3.8, 4) is 34.5 Å². The molecule has 0 aliphatic rings. The van der Waals surface area contributed by atoms with Gasteiger partial charge in [-0.2, -0.15) is 0 Å². The molecule has 0 radical (unpaired) electrons. The van der Waals surface area contributed by atoms with Gasteiger partial charge in [0, 0.05) is 23.8 Å². The Morgan fingerprint density at radius 1 is 0.526 bits per heavy atom. The van der Waals surface area contributed by atoms with Gasteiger partial charge in [0.25, 0.3) is 0 Å². The van der Waals surface area contributed by atoms with E-state index in [0.29, 0.717) is 34.3 Å². The molecule has 0 atom stereocenters. The number of ether oxygens (including phenoxy) is 6. The molecule has 0 saturated heterocycles. The normalized spacial score (nSPS) is 11.2. The number of methoxy groups -OCH3 is 6. The van der Waals surface area contributed by atoms with Gasteiger partial charge in [0.2, 0.25) is 0 Å². The van der Waals surface area contributed by atoms with Crippen LogP contribution in [0.5, 0.6) is 34.5 Å². The summed E-state index contributed by atoms with van der Waals surface area (Å²) in [5, 5.41) is 0. The number of carbonyl (C=O) groups excluding carboxylic acids is 1. The molecule has 0 aliphatic heterocycles. The molecule has 3 aromatic carbocycles. The van der Waals surface area contributed by atoms with E-state index in [2.05, 4.69) is 0 Å². The molecule has 0 amide bonds. The van der Waals surface area contributed by atoms with E-state index in [4.69, 9.17) is 28.4 Å². The van der Waals surface area contributed by atoms with Crippen molar-refractivity contribution in [1.29, 1.82) is 0 Å². The number of ketones is 1. The van der Waals surface area contributed by atoms with Crippen molar-refractivity contribution >= 4 is 30.1 Å². The molecule has 0 heterocycles. The molecule has 0 unspecified atom stereocenters. The second-order valence-corrected chi connectivity index (χ2v) is 7.95.